The number of fused-ring (bicyclic) bond motifs is 1. The van der Waals surface area contributed by atoms with Crippen molar-refractivity contribution in [3.63, 3.8) is 0 Å². The minimum atomic E-state index is -0.834. The van der Waals surface area contributed by atoms with Crippen LogP contribution in [-0.2, 0) is 6.42 Å². The van der Waals surface area contributed by atoms with Crippen LogP contribution in [0.1, 0.15) is 34.8 Å². The van der Waals surface area contributed by atoms with E-state index in [2.05, 4.69) is 16.8 Å². The highest BCUT2D eigenvalue weighted by Crippen LogP contribution is 2.31. The highest BCUT2D eigenvalue weighted by molar-refractivity contribution is 5.98. The fourth-order valence-electron chi connectivity index (χ4n) is 4.22. The number of ketones is 1. The van der Waals surface area contributed by atoms with E-state index in [1.54, 1.807) is 0 Å². The summed E-state index contributed by atoms with van der Waals surface area (Å²) in [5, 5.41) is 0. The topological polar surface area (TPSA) is 46.3 Å². The first-order valence-corrected chi connectivity index (χ1v) is 10.9. The van der Waals surface area contributed by atoms with Crippen molar-refractivity contribution < 1.29 is 18.0 Å². The first-order chi connectivity index (χ1) is 16.0. The van der Waals surface area contributed by atoms with Gasteiger partial charge in [0, 0.05) is 19.5 Å². The molecule has 0 spiro atoms. The Hall–Kier alpha value is -3.80. The Morgan fingerprint density at radius 2 is 1.73 bits per heavy atom. The second kappa shape index (κ2) is 8.62. The third-order valence-electron chi connectivity index (χ3n) is 6.08. The zero-order valence-electron chi connectivity index (χ0n) is 18.1. The molecule has 0 radical (unpaired) electrons. The lowest BCUT2D eigenvalue weighted by Gasteiger charge is -2.29. The molecule has 4 aromatic rings. The number of hydrogen-bond acceptors (Lipinski definition) is 4. The molecule has 0 atom stereocenters. The van der Waals surface area contributed by atoms with Crippen molar-refractivity contribution in [2.24, 2.45) is 0 Å². The molecule has 166 valence electrons. The summed E-state index contributed by atoms with van der Waals surface area (Å²) in [6.07, 6.45) is 0.825. The first kappa shape index (κ1) is 21.1. The Morgan fingerprint density at radius 3 is 2.45 bits per heavy atom. The maximum Gasteiger partial charge on any atom is 0.298 e. The lowest BCUT2D eigenvalue weighted by molar-refractivity contribution is 0.0985. The number of benzene rings is 3. The Balaban J connectivity index is 1.34. The lowest BCUT2D eigenvalue weighted by Crippen LogP contribution is -2.31. The number of Topliss-reactive ketones (excluding diaryl/α,β-unsaturated/α-hetero) is 1. The Kier molecular flexibility index (Phi) is 5.50. The average Bonchev–Trinajstić information content (AvgIpc) is 3.24. The summed E-state index contributed by atoms with van der Waals surface area (Å²) in [6.45, 7) is 3.61. The summed E-state index contributed by atoms with van der Waals surface area (Å²) in [5.74, 6) is -2.24. The van der Waals surface area contributed by atoms with Crippen LogP contribution in [0.15, 0.2) is 76.7 Å². The van der Waals surface area contributed by atoms with Gasteiger partial charge in [-0.25, -0.2) is 8.78 Å². The number of halogens is 2. The quantitative estimate of drug-likeness (QED) is 0.343. The number of anilines is 1. The molecule has 1 aliphatic rings. The molecule has 0 amide bonds. The van der Waals surface area contributed by atoms with Crippen molar-refractivity contribution >= 4 is 28.5 Å². The van der Waals surface area contributed by atoms with Crippen LogP contribution in [0.4, 0.5) is 14.8 Å². The lowest BCUT2D eigenvalue weighted by atomic mass is 9.93. The summed E-state index contributed by atoms with van der Waals surface area (Å²) in [6, 6.07) is 19.3. The highest BCUT2D eigenvalue weighted by Gasteiger charge is 2.22. The zero-order chi connectivity index (χ0) is 22.9. The van der Waals surface area contributed by atoms with Crippen LogP contribution >= 0.6 is 0 Å². The number of para-hydroxylation sites is 2. The Morgan fingerprint density at radius 1 is 1.00 bits per heavy atom. The normalized spacial score (nSPS) is 14.2. The van der Waals surface area contributed by atoms with E-state index < -0.39 is 23.0 Å². The second-order valence-electron chi connectivity index (χ2n) is 8.29. The molecule has 1 aliphatic heterocycles. The summed E-state index contributed by atoms with van der Waals surface area (Å²) in [4.78, 5) is 19.2. The van der Waals surface area contributed by atoms with Gasteiger partial charge in [0.1, 0.15) is 17.2 Å². The minimum Gasteiger partial charge on any atom is -0.423 e. The van der Waals surface area contributed by atoms with Crippen LogP contribution in [0.25, 0.3) is 16.7 Å². The number of carbonyl (C=O) groups excluding carboxylic acids is 1. The largest absolute Gasteiger partial charge is 0.423 e. The number of hydrogen-bond donors (Lipinski definition) is 0. The fraction of sp³-hybridized carbons (Fsp3) is 0.185. The average molecular weight is 444 g/mol. The maximum absolute atomic E-state index is 13.9. The highest BCUT2D eigenvalue weighted by atomic mass is 19.1. The molecule has 1 aromatic heterocycles. The monoisotopic (exact) mass is 444 g/mol. The van der Waals surface area contributed by atoms with Crippen molar-refractivity contribution in [2.75, 3.05) is 18.0 Å². The maximum atomic E-state index is 13.9. The molecular formula is C27H22F2N2O2. The van der Waals surface area contributed by atoms with Crippen LogP contribution in [-0.4, -0.2) is 23.9 Å². The van der Waals surface area contributed by atoms with Crippen molar-refractivity contribution in [1.82, 2.24) is 4.98 Å². The van der Waals surface area contributed by atoms with Gasteiger partial charge in [0.2, 0.25) is 0 Å². The standard InChI is InChI=1S/C27H22F2N2O2/c1-17-13-14-31(27-30-23-7-2-3-8-25(23)33-27)16-20(17)19-11-9-18(10-12-19)15-24(32)26-21(28)5-4-6-22(26)29/h2-12H,13-16H2,1H3. The molecule has 2 heterocycles. The van der Waals surface area contributed by atoms with E-state index in [0.717, 1.165) is 41.8 Å². The fourth-order valence-corrected chi connectivity index (χ4v) is 4.22. The van der Waals surface area contributed by atoms with Crippen LogP contribution in [0.5, 0.6) is 0 Å². The molecule has 5 rings (SSSR count). The molecule has 4 nitrogen and oxygen atoms in total. The van der Waals surface area contributed by atoms with Crippen LogP contribution in [0.3, 0.4) is 0 Å². The van der Waals surface area contributed by atoms with Crippen LogP contribution < -0.4 is 4.90 Å². The first-order valence-electron chi connectivity index (χ1n) is 10.9. The van der Waals surface area contributed by atoms with Crippen LogP contribution in [0, 0.1) is 11.6 Å². The van der Waals surface area contributed by atoms with Gasteiger partial charge in [-0.2, -0.15) is 4.98 Å². The molecule has 6 heteroatoms. The second-order valence-corrected chi connectivity index (χ2v) is 8.29. The number of oxazole rings is 1. The van der Waals surface area contributed by atoms with Crippen LogP contribution in [0.2, 0.25) is 0 Å². The Labute approximate surface area is 190 Å². The number of rotatable bonds is 5. The van der Waals surface area contributed by atoms with E-state index in [0.29, 0.717) is 18.1 Å². The molecule has 0 saturated carbocycles. The van der Waals surface area contributed by atoms with Crippen molar-refractivity contribution in [1.29, 1.82) is 0 Å². The van der Waals surface area contributed by atoms with Gasteiger partial charge in [-0.1, -0.05) is 48.0 Å². The smallest absolute Gasteiger partial charge is 0.298 e. The van der Waals surface area contributed by atoms with Gasteiger partial charge in [-0.3, -0.25) is 4.79 Å². The van der Waals surface area contributed by atoms with Crippen molar-refractivity contribution in [3.8, 4) is 0 Å². The van der Waals surface area contributed by atoms with Crippen molar-refractivity contribution in [2.45, 2.75) is 19.8 Å². The zero-order valence-corrected chi connectivity index (χ0v) is 18.1. The van der Waals surface area contributed by atoms with Gasteiger partial charge < -0.3 is 9.32 Å². The molecule has 0 N–H and O–H groups in total. The molecule has 0 bridgehead atoms. The molecule has 0 unspecified atom stereocenters. The Bertz CT molecular complexity index is 1320. The molecular weight excluding hydrogens is 422 g/mol. The molecule has 3 aromatic carbocycles. The summed E-state index contributed by atoms with van der Waals surface area (Å²) >= 11 is 0. The van der Waals surface area contributed by atoms with Gasteiger partial charge in [-0.15, -0.1) is 0 Å². The van der Waals surface area contributed by atoms with E-state index in [-0.39, 0.29) is 6.42 Å². The third kappa shape index (κ3) is 4.16. The number of carbonyl (C=O) groups is 1. The van der Waals surface area contributed by atoms with Gasteiger partial charge >= 0.3 is 0 Å². The van der Waals surface area contributed by atoms with Gasteiger partial charge in [0.25, 0.3) is 6.01 Å². The van der Waals surface area contributed by atoms with Gasteiger partial charge in [0.15, 0.2) is 11.4 Å². The molecule has 0 fully saturated rings. The van der Waals surface area contributed by atoms with E-state index >= 15 is 0 Å². The van der Waals surface area contributed by atoms with Crippen molar-refractivity contribution in [3.05, 3.63) is 101 Å². The molecule has 33 heavy (non-hydrogen) atoms. The number of aromatic nitrogens is 1. The molecule has 0 saturated heterocycles. The van der Waals surface area contributed by atoms with E-state index in [9.17, 15) is 13.6 Å². The third-order valence-corrected chi connectivity index (χ3v) is 6.08. The van der Waals surface area contributed by atoms with Gasteiger partial charge in [-0.05, 0) is 54.3 Å². The minimum absolute atomic E-state index is 0.0643. The summed E-state index contributed by atoms with van der Waals surface area (Å²) in [7, 11) is 0. The van der Waals surface area contributed by atoms with E-state index in [4.69, 9.17) is 4.42 Å². The summed E-state index contributed by atoms with van der Waals surface area (Å²) in [5.41, 5.74) is 5.33. The summed E-state index contributed by atoms with van der Waals surface area (Å²) < 4.78 is 33.8. The van der Waals surface area contributed by atoms with E-state index in [1.807, 2.05) is 48.5 Å². The van der Waals surface area contributed by atoms with E-state index in [1.165, 1.54) is 17.2 Å². The predicted octanol–water partition coefficient (Wildman–Crippen LogP) is 6.22. The van der Waals surface area contributed by atoms with Gasteiger partial charge in [0.05, 0.1) is 5.56 Å². The SMILES string of the molecule is CC1=C(c2ccc(CC(=O)c3c(F)cccc3F)cc2)CN(c2nc3ccccc3o2)CC1. The molecule has 0 aliphatic carbocycles. The number of nitrogens with zero attached hydrogens (tertiary/aromatic N) is 2. The predicted molar refractivity (Wildman–Crippen MR) is 124 cm³/mol.